The largest absolute Gasteiger partial charge is 0.507 e. The summed E-state index contributed by atoms with van der Waals surface area (Å²) in [5, 5.41) is 20.8. The topological polar surface area (TPSA) is 57.5 Å². The Hall–Kier alpha value is -4.63. The van der Waals surface area contributed by atoms with Crippen LogP contribution in [0, 0.1) is 0 Å². The van der Waals surface area contributed by atoms with Crippen LogP contribution in [-0.4, -0.2) is 16.2 Å². The second-order valence-corrected chi connectivity index (χ2v) is 9.67. The third-order valence-electron chi connectivity index (χ3n) is 6.97. The number of hydrogen-bond acceptors (Lipinski definition) is 2. The third kappa shape index (κ3) is 6.01. The van der Waals surface area contributed by atoms with Crippen molar-refractivity contribution in [2.24, 2.45) is 0 Å². The summed E-state index contributed by atoms with van der Waals surface area (Å²) in [5.41, 5.74) is 8.47. The molecule has 0 aromatic heterocycles. The molecule has 5 aromatic carbocycles. The maximum atomic E-state index is 12.1. The van der Waals surface area contributed by atoms with E-state index < -0.39 is 5.97 Å². The van der Waals surface area contributed by atoms with E-state index in [1.165, 1.54) is 16.7 Å². The number of rotatable bonds is 9. The van der Waals surface area contributed by atoms with Gasteiger partial charge in [0.25, 0.3) is 0 Å². The molecule has 3 nitrogen and oxygen atoms in total. The van der Waals surface area contributed by atoms with Gasteiger partial charge in [-0.15, -0.1) is 0 Å². The zero-order chi connectivity index (χ0) is 26.3. The quantitative estimate of drug-likeness (QED) is 0.222. The molecule has 0 amide bonds. The Morgan fingerprint density at radius 1 is 0.474 bits per heavy atom. The predicted octanol–water partition coefficient (Wildman–Crippen LogP) is 7.45. The summed E-state index contributed by atoms with van der Waals surface area (Å²) in [6.45, 7) is 0. The first kappa shape index (κ1) is 25.0. The number of aromatic hydroxyl groups is 1. The normalized spacial score (nSPS) is 10.8. The summed E-state index contributed by atoms with van der Waals surface area (Å²) < 4.78 is 0. The van der Waals surface area contributed by atoms with E-state index >= 15 is 0 Å². The molecule has 0 aliphatic carbocycles. The van der Waals surface area contributed by atoms with Gasteiger partial charge in [0, 0.05) is 6.42 Å². The molecule has 5 rings (SSSR count). The molecule has 0 bridgehead atoms. The molecule has 0 heterocycles. The van der Waals surface area contributed by atoms with Gasteiger partial charge in [-0.3, -0.25) is 0 Å². The third-order valence-corrected chi connectivity index (χ3v) is 6.97. The van der Waals surface area contributed by atoms with Gasteiger partial charge in [0.1, 0.15) is 11.3 Å². The maximum Gasteiger partial charge on any atom is 0.339 e. The predicted molar refractivity (Wildman–Crippen MR) is 152 cm³/mol. The first-order valence-electron chi connectivity index (χ1n) is 12.9. The highest BCUT2D eigenvalue weighted by molar-refractivity contribution is 5.91. The Balaban J connectivity index is 1.47. The van der Waals surface area contributed by atoms with Crippen LogP contribution in [0.2, 0.25) is 0 Å². The molecule has 0 saturated carbocycles. The number of carboxylic acids is 1. The summed E-state index contributed by atoms with van der Waals surface area (Å²) in [4.78, 5) is 12.1. The van der Waals surface area contributed by atoms with Gasteiger partial charge in [0.05, 0.1) is 0 Å². The van der Waals surface area contributed by atoms with E-state index in [0.717, 1.165) is 35.1 Å². The first-order chi connectivity index (χ1) is 18.6. The van der Waals surface area contributed by atoms with Crippen molar-refractivity contribution >= 4 is 5.97 Å². The minimum absolute atomic E-state index is 0.0569. The van der Waals surface area contributed by atoms with Gasteiger partial charge in [0.2, 0.25) is 0 Å². The molecule has 2 N–H and O–H groups in total. The fourth-order valence-corrected chi connectivity index (χ4v) is 5.02. The van der Waals surface area contributed by atoms with Crippen molar-refractivity contribution in [3.05, 3.63) is 171 Å². The monoisotopic (exact) mass is 498 g/mol. The van der Waals surface area contributed by atoms with Crippen molar-refractivity contribution in [2.75, 3.05) is 0 Å². The molecule has 188 valence electrons. The van der Waals surface area contributed by atoms with Crippen molar-refractivity contribution in [1.29, 1.82) is 0 Å². The smallest absolute Gasteiger partial charge is 0.339 e. The van der Waals surface area contributed by atoms with Gasteiger partial charge in [-0.1, -0.05) is 115 Å². The van der Waals surface area contributed by atoms with Crippen LogP contribution in [0.5, 0.6) is 5.75 Å². The standard InChI is InChI=1S/C35H30O3/c36-34-32(24-31-18-10-9-16-29(31)20-26-13-5-2-6-14-26)22-27(23-33(34)35(37)38)21-30-17-8-7-15-28(30)19-25-11-3-1-4-12-25/h1-18,22-23,36H,19-21,24H2,(H,37,38). The molecule has 3 heteroatoms. The lowest BCUT2D eigenvalue weighted by Gasteiger charge is -2.15. The highest BCUT2D eigenvalue weighted by Gasteiger charge is 2.18. The van der Waals surface area contributed by atoms with E-state index in [0.29, 0.717) is 18.4 Å². The Morgan fingerprint density at radius 2 is 0.868 bits per heavy atom. The van der Waals surface area contributed by atoms with E-state index in [2.05, 4.69) is 48.5 Å². The zero-order valence-electron chi connectivity index (χ0n) is 21.2. The van der Waals surface area contributed by atoms with E-state index in [-0.39, 0.29) is 11.3 Å². The Labute approximate surface area is 223 Å². The summed E-state index contributed by atoms with van der Waals surface area (Å²) in [5.74, 6) is -1.28. The van der Waals surface area contributed by atoms with Crippen molar-refractivity contribution < 1.29 is 15.0 Å². The van der Waals surface area contributed by atoms with Crippen LogP contribution < -0.4 is 0 Å². The summed E-state index contributed by atoms with van der Waals surface area (Å²) >= 11 is 0. The molecule has 0 fully saturated rings. The van der Waals surface area contributed by atoms with Crippen molar-refractivity contribution in [1.82, 2.24) is 0 Å². The Bertz CT molecular complexity index is 1540. The van der Waals surface area contributed by atoms with E-state index in [1.54, 1.807) is 6.07 Å². The highest BCUT2D eigenvalue weighted by Crippen LogP contribution is 2.30. The zero-order valence-corrected chi connectivity index (χ0v) is 21.2. The van der Waals surface area contributed by atoms with Crippen LogP contribution in [0.3, 0.4) is 0 Å². The number of aromatic carboxylic acids is 1. The fraction of sp³-hybridized carbons (Fsp3) is 0.114. The molecular formula is C35H30O3. The molecule has 38 heavy (non-hydrogen) atoms. The summed E-state index contributed by atoms with van der Waals surface area (Å²) in [6, 6.07) is 40.6. The lowest BCUT2D eigenvalue weighted by molar-refractivity contribution is 0.0693. The van der Waals surface area contributed by atoms with Gasteiger partial charge in [-0.2, -0.15) is 0 Å². The van der Waals surface area contributed by atoms with Crippen LogP contribution in [0.4, 0.5) is 0 Å². The van der Waals surface area contributed by atoms with Crippen LogP contribution >= 0.6 is 0 Å². The van der Waals surface area contributed by atoms with Gasteiger partial charge in [-0.25, -0.2) is 4.79 Å². The number of hydrogen-bond donors (Lipinski definition) is 2. The van der Waals surface area contributed by atoms with Crippen molar-refractivity contribution in [3.8, 4) is 5.75 Å². The molecule has 0 unspecified atom stereocenters. The van der Waals surface area contributed by atoms with Gasteiger partial charge >= 0.3 is 5.97 Å². The molecule has 0 spiro atoms. The average molecular weight is 499 g/mol. The summed E-state index contributed by atoms with van der Waals surface area (Å²) in [7, 11) is 0. The number of benzene rings is 5. The van der Waals surface area contributed by atoms with Crippen molar-refractivity contribution in [3.63, 3.8) is 0 Å². The second-order valence-electron chi connectivity index (χ2n) is 9.67. The molecule has 0 radical (unpaired) electrons. The minimum Gasteiger partial charge on any atom is -0.507 e. The fourth-order valence-electron chi connectivity index (χ4n) is 5.02. The van der Waals surface area contributed by atoms with Crippen LogP contribution in [0.1, 0.15) is 54.9 Å². The molecule has 0 saturated heterocycles. The molecule has 0 aliphatic rings. The van der Waals surface area contributed by atoms with Gasteiger partial charge in [-0.05, 0) is 69.8 Å². The highest BCUT2D eigenvalue weighted by atomic mass is 16.4. The summed E-state index contributed by atoms with van der Waals surface area (Å²) in [6.07, 6.45) is 2.62. The van der Waals surface area contributed by atoms with E-state index in [4.69, 9.17) is 0 Å². The first-order valence-corrected chi connectivity index (χ1v) is 12.9. The van der Waals surface area contributed by atoms with Crippen LogP contribution in [0.15, 0.2) is 121 Å². The molecular weight excluding hydrogens is 468 g/mol. The Morgan fingerprint density at radius 3 is 1.32 bits per heavy atom. The molecule has 0 aliphatic heterocycles. The Kier molecular flexibility index (Phi) is 7.65. The number of phenols is 1. The molecule has 5 aromatic rings. The van der Waals surface area contributed by atoms with E-state index in [1.807, 2.05) is 66.7 Å². The van der Waals surface area contributed by atoms with Crippen molar-refractivity contribution in [2.45, 2.75) is 25.7 Å². The minimum atomic E-state index is -1.12. The lowest BCUT2D eigenvalue weighted by Crippen LogP contribution is -2.05. The average Bonchev–Trinajstić information content (AvgIpc) is 2.93. The molecule has 0 atom stereocenters. The van der Waals surface area contributed by atoms with Crippen LogP contribution in [-0.2, 0) is 25.7 Å². The maximum absolute atomic E-state index is 12.1. The lowest BCUT2D eigenvalue weighted by atomic mass is 9.90. The van der Waals surface area contributed by atoms with Gasteiger partial charge in [0.15, 0.2) is 0 Å². The SMILES string of the molecule is O=C(O)c1cc(Cc2ccccc2Cc2ccccc2)cc(Cc2ccccc2Cc2ccccc2)c1O. The number of carboxylic acid groups (broad SMARTS) is 1. The van der Waals surface area contributed by atoms with Crippen LogP contribution in [0.25, 0.3) is 0 Å². The van der Waals surface area contributed by atoms with E-state index in [9.17, 15) is 15.0 Å². The number of carbonyl (C=O) groups is 1. The van der Waals surface area contributed by atoms with Gasteiger partial charge < -0.3 is 10.2 Å². The second kappa shape index (κ2) is 11.6.